The van der Waals surface area contributed by atoms with E-state index in [4.69, 9.17) is 0 Å². The molecule has 3 aromatic rings. The van der Waals surface area contributed by atoms with Gasteiger partial charge in [-0.3, -0.25) is 0 Å². The number of H-pyrrole nitrogens is 1. The first kappa shape index (κ1) is 21.2. The number of aromatic nitrogens is 2. The number of hydrogen-bond acceptors (Lipinski definition) is 4. The molecular weight excluding hydrogens is 428 g/mol. The van der Waals surface area contributed by atoms with Gasteiger partial charge in [0.05, 0.1) is 0 Å². The predicted octanol–water partition coefficient (Wildman–Crippen LogP) is 2.58. The second kappa shape index (κ2) is 8.38. The second-order valence-electron chi connectivity index (χ2n) is 9.02. The Morgan fingerprint density at radius 2 is 1.88 bits per heavy atom. The van der Waals surface area contributed by atoms with Gasteiger partial charge in [0.25, 0.3) is 0 Å². The van der Waals surface area contributed by atoms with Crippen LogP contribution in [0.4, 0.5) is 4.39 Å². The van der Waals surface area contributed by atoms with Crippen LogP contribution < -0.4 is 10.9 Å². The number of carbonyl (C=O) groups excluding carboxylic acids is 1. The quantitative estimate of drug-likeness (QED) is 0.592. The molecule has 2 fully saturated rings. The molecule has 0 atom stereocenters. The number of hydrogen-bond donors (Lipinski definition) is 2. The van der Waals surface area contributed by atoms with Crippen LogP contribution in [0.5, 0.6) is 0 Å². The van der Waals surface area contributed by atoms with Gasteiger partial charge in [-0.15, -0.1) is 0 Å². The zero-order chi connectivity index (χ0) is 22.3. The van der Waals surface area contributed by atoms with Gasteiger partial charge in [0.2, 0.25) is 0 Å². The van der Waals surface area contributed by atoms with Crippen LogP contribution in [-0.2, 0) is 11.2 Å². The average molecular weight is 455 g/mol. The number of fused-ring (bicyclic) bond motifs is 1. The van der Waals surface area contributed by atoms with Crippen molar-refractivity contribution in [3.63, 3.8) is 0 Å². The molecule has 1 saturated heterocycles. The fourth-order valence-electron chi connectivity index (χ4n) is 4.82. The summed E-state index contributed by atoms with van der Waals surface area (Å²) in [4.78, 5) is 37.9. The van der Waals surface area contributed by atoms with Crippen LogP contribution in [0.3, 0.4) is 0 Å². The standard InChI is InChI=1S/C24H27FN3O3P/c25-20-9-8-16(14-21-18-6-1-2-7-19(18)23(29)27-26-21)15-22(20)32(31)12-10-28(11-13-32)24(30)17-4-3-5-17/h1-2,6-9,15,17,31-32H,3-5,10-14H2,(H,27,29). The molecule has 0 spiro atoms. The number of nitrogens with one attached hydrogen (secondary N) is 1. The molecule has 1 amide bonds. The molecule has 2 aliphatic rings. The van der Waals surface area contributed by atoms with Crippen LogP contribution in [0.15, 0.2) is 47.3 Å². The molecule has 2 heterocycles. The first-order valence-electron chi connectivity index (χ1n) is 11.2. The Morgan fingerprint density at radius 1 is 1.16 bits per heavy atom. The Balaban J connectivity index is 1.38. The van der Waals surface area contributed by atoms with Gasteiger partial charge in [-0.05, 0) is 0 Å². The third-order valence-electron chi connectivity index (χ3n) is 7.04. The van der Waals surface area contributed by atoms with E-state index in [2.05, 4.69) is 10.2 Å². The van der Waals surface area contributed by atoms with Crippen LogP contribution in [0.25, 0.3) is 10.8 Å². The Kier molecular flexibility index (Phi) is 5.56. The molecule has 0 radical (unpaired) electrons. The monoisotopic (exact) mass is 455 g/mol. The van der Waals surface area contributed by atoms with Gasteiger partial charge in [-0.25, -0.2) is 0 Å². The molecule has 5 rings (SSSR count). The second-order valence-corrected chi connectivity index (χ2v) is 12.6. The minimum atomic E-state index is -3.03. The van der Waals surface area contributed by atoms with Gasteiger partial charge in [0, 0.05) is 0 Å². The summed E-state index contributed by atoms with van der Waals surface area (Å²) in [5.41, 5.74) is 1.29. The summed E-state index contributed by atoms with van der Waals surface area (Å²) >= 11 is 0. The first-order chi connectivity index (χ1) is 15.4. The molecule has 1 aliphatic heterocycles. The van der Waals surface area contributed by atoms with Crippen molar-refractivity contribution in [2.24, 2.45) is 5.92 Å². The van der Waals surface area contributed by atoms with E-state index in [9.17, 15) is 18.9 Å². The Bertz CT molecular complexity index is 1230. The predicted molar refractivity (Wildman–Crippen MR) is 125 cm³/mol. The van der Waals surface area contributed by atoms with Crippen molar-refractivity contribution in [2.45, 2.75) is 25.7 Å². The minimum absolute atomic E-state index is 0.141. The average Bonchev–Trinajstić information content (AvgIpc) is 2.76. The molecular formula is C24H27FN3O3P. The van der Waals surface area contributed by atoms with E-state index >= 15 is 0 Å². The molecule has 2 aromatic carbocycles. The van der Waals surface area contributed by atoms with Crippen LogP contribution in [0, 0.1) is 11.7 Å². The molecule has 6 nitrogen and oxygen atoms in total. The van der Waals surface area contributed by atoms with Gasteiger partial charge in [0.1, 0.15) is 0 Å². The molecule has 2 N–H and O–H groups in total. The van der Waals surface area contributed by atoms with E-state index in [1.54, 1.807) is 24.3 Å². The van der Waals surface area contributed by atoms with E-state index in [0.29, 0.717) is 48.2 Å². The van der Waals surface area contributed by atoms with Gasteiger partial charge in [-0.2, -0.15) is 0 Å². The first-order valence-corrected chi connectivity index (χ1v) is 13.6. The third-order valence-corrected chi connectivity index (χ3v) is 10.5. The van der Waals surface area contributed by atoms with E-state index < -0.39 is 7.49 Å². The number of benzene rings is 2. The SMILES string of the molecule is O=C(C1CCC1)N1CC[PH](O)(c2cc(Cc3n[nH]c(=O)c4ccccc34)ccc2F)CC1. The molecule has 168 valence electrons. The number of amides is 1. The third kappa shape index (κ3) is 3.84. The Labute approximate surface area is 185 Å². The van der Waals surface area contributed by atoms with Crippen LogP contribution in [0.2, 0.25) is 0 Å². The van der Waals surface area contributed by atoms with E-state index in [1.165, 1.54) is 6.07 Å². The zero-order valence-corrected chi connectivity index (χ0v) is 18.8. The summed E-state index contributed by atoms with van der Waals surface area (Å²) < 4.78 is 14.8. The summed E-state index contributed by atoms with van der Waals surface area (Å²) in [5, 5.41) is 8.49. The van der Waals surface area contributed by atoms with Crippen LogP contribution >= 0.6 is 7.49 Å². The summed E-state index contributed by atoms with van der Waals surface area (Å²) in [6, 6.07) is 12.1. The normalized spacial score (nSPS) is 19.5. The molecule has 1 aromatic heterocycles. The Morgan fingerprint density at radius 3 is 2.56 bits per heavy atom. The van der Waals surface area contributed by atoms with Gasteiger partial charge < -0.3 is 0 Å². The Hall–Kier alpha value is -2.63. The van der Waals surface area contributed by atoms with E-state index in [1.807, 2.05) is 17.0 Å². The molecule has 32 heavy (non-hydrogen) atoms. The van der Waals surface area contributed by atoms with Crippen molar-refractivity contribution in [2.75, 3.05) is 25.4 Å². The number of aromatic amines is 1. The molecule has 1 saturated carbocycles. The summed E-state index contributed by atoms with van der Waals surface area (Å²) in [6.45, 7) is 0.988. The number of rotatable bonds is 4. The van der Waals surface area contributed by atoms with Crippen molar-refractivity contribution >= 4 is 29.5 Å². The molecule has 0 unspecified atom stereocenters. The number of halogens is 1. The van der Waals surface area contributed by atoms with Gasteiger partial charge >= 0.3 is 186 Å². The fraction of sp³-hybridized carbons (Fsp3) is 0.375. The van der Waals surface area contributed by atoms with Crippen LogP contribution in [0.1, 0.15) is 30.5 Å². The van der Waals surface area contributed by atoms with Crippen molar-refractivity contribution in [1.29, 1.82) is 0 Å². The van der Waals surface area contributed by atoms with Crippen molar-refractivity contribution in [3.8, 4) is 0 Å². The molecule has 0 bridgehead atoms. The van der Waals surface area contributed by atoms with E-state index in [0.717, 1.165) is 30.2 Å². The van der Waals surface area contributed by atoms with Crippen molar-refractivity contribution in [3.05, 3.63) is 69.9 Å². The van der Waals surface area contributed by atoms with Gasteiger partial charge in [-0.1, -0.05) is 0 Å². The molecule has 1 aliphatic carbocycles. The fourth-order valence-corrected chi connectivity index (χ4v) is 7.87. The number of nitrogens with zero attached hydrogens (tertiary/aromatic N) is 2. The van der Waals surface area contributed by atoms with E-state index in [-0.39, 0.29) is 23.2 Å². The maximum atomic E-state index is 14.8. The number of carbonyl (C=O) groups is 1. The van der Waals surface area contributed by atoms with Crippen molar-refractivity contribution < 1.29 is 14.1 Å². The van der Waals surface area contributed by atoms with Crippen LogP contribution in [-0.4, -0.2) is 51.3 Å². The molecule has 8 heteroatoms. The zero-order valence-electron chi connectivity index (χ0n) is 17.8. The summed E-state index contributed by atoms with van der Waals surface area (Å²) in [7, 11) is -3.03. The summed E-state index contributed by atoms with van der Waals surface area (Å²) in [6.07, 6.45) is 4.35. The maximum absolute atomic E-state index is 14.8. The van der Waals surface area contributed by atoms with Crippen molar-refractivity contribution in [1.82, 2.24) is 15.1 Å². The topological polar surface area (TPSA) is 86.3 Å². The van der Waals surface area contributed by atoms with Gasteiger partial charge in [0.15, 0.2) is 0 Å². The summed E-state index contributed by atoms with van der Waals surface area (Å²) in [5.74, 6) is -0.0546.